The molecule has 0 saturated carbocycles. The van der Waals surface area contributed by atoms with Crippen molar-refractivity contribution in [2.75, 3.05) is 17.8 Å². The third kappa shape index (κ3) is 3.12. The van der Waals surface area contributed by atoms with Gasteiger partial charge in [-0.15, -0.1) is 0 Å². The fourth-order valence-corrected chi connectivity index (χ4v) is 2.70. The van der Waals surface area contributed by atoms with E-state index in [0.717, 1.165) is 27.9 Å². The normalized spacial score (nSPS) is 11.7. The topological polar surface area (TPSA) is 54.5 Å². The van der Waals surface area contributed by atoms with Gasteiger partial charge in [0.1, 0.15) is 0 Å². The summed E-state index contributed by atoms with van der Waals surface area (Å²) in [7, 11) is 1.87. The van der Waals surface area contributed by atoms with Crippen molar-refractivity contribution in [1.29, 1.82) is 0 Å². The van der Waals surface area contributed by atoms with Crippen molar-refractivity contribution in [2.45, 2.75) is 6.92 Å². The van der Waals surface area contributed by atoms with Crippen LogP contribution in [-0.2, 0) is 0 Å². The van der Waals surface area contributed by atoms with E-state index < -0.39 is 0 Å². The minimum absolute atomic E-state index is 0.634. The predicted molar refractivity (Wildman–Crippen MR) is 98.2 cm³/mol. The summed E-state index contributed by atoms with van der Waals surface area (Å²) in [5, 5.41) is 9.19. The van der Waals surface area contributed by atoms with Gasteiger partial charge in [-0.25, -0.2) is 4.98 Å². The van der Waals surface area contributed by atoms with E-state index in [4.69, 9.17) is 17.3 Å². The number of benzene rings is 2. The molecule has 0 radical (unpaired) electrons. The first kappa shape index (κ1) is 15.3. The van der Waals surface area contributed by atoms with Gasteiger partial charge < -0.3 is 5.73 Å². The van der Waals surface area contributed by atoms with Crippen LogP contribution in [0.3, 0.4) is 0 Å². The molecule has 116 valence electrons. The molecule has 0 bridgehead atoms. The fourth-order valence-electron chi connectivity index (χ4n) is 2.53. The van der Waals surface area contributed by atoms with Crippen LogP contribution in [0.15, 0.2) is 59.8 Å². The van der Waals surface area contributed by atoms with E-state index in [0.29, 0.717) is 10.7 Å². The third-order valence-corrected chi connectivity index (χ3v) is 3.90. The van der Waals surface area contributed by atoms with E-state index in [-0.39, 0.29) is 0 Å². The molecule has 0 atom stereocenters. The van der Waals surface area contributed by atoms with Gasteiger partial charge in [0, 0.05) is 34.9 Å². The second-order valence-electron chi connectivity index (χ2n) is 5.30. The molecule has 0 aliphatic rings. The molecule has 1 heterocycles. The Morgan fingerprint density at radius 3 is 2.78 bits per heavy atom. The summed E-state index contributed by atoms with van der Waals surface area (Å²) in [5.74, 6) is 0.794. The molecule has 0 aliphatic carbocycles. The monoisotopic (exact) mass is 324 g/mol. The first-order valence-corrected chi connectivity index (χ1v) is 7.62. The van der Waals surface area contributed by atoms with E-state index >= 15 is 0 Å². The zero-order chi connectivity index (χ0) is 16.4. The molecule has 23 heavy (non-hydrogen) atoms. The summed E-state index contributed by atoms with van der Waals surface area (Å²) >= 11 is 6.06. The number of nitrogens with zero attached hydrogens (tertiary/aromatic N) is 3. The molecule has 1 aromatic heterocycles. The van der Waals surface area contributed by atoms with Crippen molar-refractivity contribution >= 4 is 39.6 Å². The summed E-state index contributed by atoms with van der Waals surface area (Å²) in [6.07, 6.45) is 1.78. The average Bonchev–Trinajstić information content (AvgIpc) is 2.56. The Hall–Kier alpha value is -2.59. The Morgan fingerprint density at radius 2 is 1.96 bits per heavy atom. The van der Waals surface area contributed by atoms with Crippen molar-refractivity contribution in [3.05, 3.63) is 65.3 Å². The molecule has 3 aromatic rings. The molecule has 5 heteroatoms. The van der Waals surface area contributed by atoms with Crippen molar-refractivity contribution in [3.63, 3.8) is 0 Å². The van der Waals surface area contributed by atoms with Crippen molar-refractivity contribution < 1.29 is 0 Å². The fraction of sp³-hybridized carbons (Fsp3) is 0.111. The summed E-state index contributed by atoms with van der Waals surface area (Å²) in [6, 6.07) is 15.4. The lowest BCUT2D eigenvalue weighted by atomic mass is 10.1. The van der Waals surface area contributed by atoms with Crippen molar-refractivity contribution in [3.8, 4) is 0 Å². The van der Waals surface area contributed by atoms with Gasteiger partial charge in [0.05, 0.1) is 5.71 Å². The number of anilines is 2. The third-order valence-electron chi connectivity index (χ3n) is 3.66. The zero-order valence-corrected chi connectivity index (χ0v) is 13.7. The number of fused-ring (bicyclic) bond motifs is 1. The van der Waals surface area contributed by atoms with Crippen molar-refractivity contribution in [1.82, 2.24) is 4.98 Å². The van der Waals surface area contributed by atoms with Crippen LogP contribution in [0.4, 0.5) is 11.5 Å². The maximum atomic E-state index is 6.06. The smallest absolute Gasteiger partial charge is 0.156 e. The van der Waals surface area contributed by atoms with Crippen LogP contribution in [0.25, 0.3) is 10.8 Å². The number of nitrogens with two attached hydrogens (primary N) is 1. The van der Waals surface area contributed by atoms with E-state index in [9.17, 15) is 0 Å². The Morgan fingerprint density at radius 1 is 1.17 bits per heavy atom. The second-order valence-corrected chi connectivity index (χ2v) is 5.73. The molecular formula is C18H17ClN4. The maximum Gasteiger partial charge on any atom is 0.156 e. The van der Waals surface area contributed by atoms with Gasteiger partial charge in [0.2, 0.25) is 0 Å². The highest BCUT2D eigenvalue weighted by atomic mass is 35.5. The number of rotatable bonds is 3. The average molecular weight is 325 g/mol. The quantitative estimate of drug-likeness (QED) is 0.443. The summed E-state index contributed by atoms with van der Waals surface area (Å²) < 4.78 is 0. The lowest BCUT2D eigenvalue weighted by Gasteiger charge is -2.16. The summed E-state index contributed by atoms with van der Waals surface area (Å²) in [6.45, 7) is 1.91. The van der Waals surface area contributed by atoms with Gasteiger partial charge in [0.15, 0.2) is 5.82 Å². The highest BCUT2D eigenvalue weighted by Gasteiger charge is 2.09. The number of halogens is 1. The van der Waals surface area contributed by atoms with Gasteiger partial charge in [-0.1, -0.05) is 35.9 Å². The SMILES string of the molecule is C/C(=N\N(C)c1nccc2ccccc12)c1cc(Cl)ccc1N. The Labute approximate surface area is 140 Å². The summed E-state index contributed by atoms with van der Waals surface area (Å²) in [5.41, 5.74) is 8.27. The number of aromatic nitrogens is 1. The number of nitrogen functional groups attached to an aromatic ring is 1. The first-order valence-electron chi connectivity index (χ1n) is 7.24. The van der Waals surface area contributed by atoms with Gasteiger partial charge in [0.25, 0.3) is 0 Å². The van der Waals surface area contributed by atoms with E-state index in [1.54, 1.807) is 23.3 Å². The molecular weight excluding hydrogens is 308 g/mol. The number of hydrogen-bond acceptors (Lipinski definition) is 4. The number of pyridine rings is 1. The molecule has 0 aliphatic heterocycles. The van der Waals surface area contributed by atoms with Gasteiger partial charge >= 0.3 is 0 Å². The molecule has 4 nitrogen and oxygen atoms in total. The molecule has 3 rings (SSSR count). The first-order chi connectivity index (χ1) is 11.1. The van der Waals surface area contributed by atoms with Gasteiger partial charge in [-0.3, -0.25) is 5.01 Å². The van der Waals surface area contributed by atoms with Crippen LogP contribution >= 0.6 is 11.6 Å². The largest absolute Gasteiger partial charge is 0.398 e. The lowest BCUT2D eigenvalue weighted by molar-refractivity contribution is 0.985. The second kappa shape index (κ2) is 6.26. The van der Waals surface area contributed by atoms with E-state index in [2.05, 4.69) is 16.2 Å². The minimum atomic E-state index is 0.634. The lowest BCUT2D eigenvalue weighted by Crippen LogP contribution is -2.14. The van der Waals surface area contributed by atoms with Crippen LogP contribution in [0.1, 0.15) is 12.5 Å². The predicted octanol–water partition coefficient (Wildman–Crippen LogP) is 4.33. The Balaban J connectivity index is 2.02. The molecule has 0 saturated heterocycles. The molecule has 0 unspecified atom stereocenters. The van der Waals surface area contributed by atoms with Crippen LogP contribution in [0.2, 0.25) is 5.02 Å². The molecule has 0 spiro atoms. The zero-order valence-electron chi connectivity index (χ0n) is 13.0. The van der Waals surface area contributed by atoms with Crippen LogP contribution in [-0.4, -0.2) is 17.7 Å². The Bertz CT molecular complexity index is 884. The minimum Gasteiger partial charge on any atom is -0.398 e. The molecule has 2 N–H and O–H groups in total. The van der Waals surface area contributed by atoms with Gasteiger partial charge in [-0.2, -0.15) is 5.10 Å². The number of hydrogen-bond donors (Lipinski definition) is 1. The standard InChI is InChI=1S/C18H17ClN4/c1-12(16-11-14(19)7-8-17(16)20)22-23(2)18-15-6-4-3-5-13(15)9-10-21-18/h3-11H,20H2,1-2H3/b22-12+. The van der Waals surface area contributed by atoms with Crippen LogP contribution < -0.4 is 10.7 Å². The van der Waals surface area contributed by atoms with Crippen LogP contribution in [0.5, 0.6) is 0 Å². The Kier molecular flexibility index (Phi) is 4.17. The highest BCUT2D eigenvalue weighted by Crippen LogP contribution is 2.24. The summed E-state index contributed by atoms with van der Waals surface area (Å²) in [4.78, 5) is 4.46. The van der Waals surface area contributed by atoms with E-state index in [1.807, 2.05) is 44.3 Å². The van der Waals surface area contributed by atoms with Gasteiger partial charge in [-0.05, 0) is 36.6 Å². The van der Waals surface area contributed by atoms with E-state index in [1.165, 1.54) is 0 Å². The van der Waals surface area contributed by atoms with Crippen LogP contribution in [0, 0.1) is 0 Å². The molecule has 0 amide bonds. The highest BCUT2D eigenvalue weighted by molar-refractivity contribution is 6.31. The number of hydrazone groups is 1. The molecule has 2 aromatic carbocycles. The molecule has 0 fully saturated rings. The maximum absolute atomic E-state index is 6.06. The van der Waals surface area contributed by atoms with Crippen molar-refractivity contribution in [2.24, 2.45) is 5.10 Å².